The van der Waals surface area contributed by atoms with Crippen LogP contribution in [0.2, 0.25) is 0 Å². The molecule has 0 saturated heterocycles. The van der Waals surface area contributed by atoms with Gasteiger partial charge in [0.2, 0.25) is 0 Å². The lowest BCUT2D eigenvalue weighted by molar-refractivity contribution is -0.384. The number of non-ortho nitro benzene ring substituents is 1. The summed E-state index contributed by atoms with van der Waals surface area (Å²) in [4.78, 5) is 34.6. The molecular weight excluding hydrogens is 340 g/mol. The molecule has 136 valence electrons. The van der Waals surface area contributed by atoms with Gasteiger partial charge in [0.1, 0.15) is 11.8 Å². The average Bonchev–Trinajstić information content (AvgIpc) is 2.67. The molecule has 8 heteroatoms. The fraction of sp³-hybridized carbons (Fsp3) is 0.222. The van der Waals surface area contributed by atoms with Crippen molar-refractivity contribution < 1.29 is 24.0 Å². The number of rotatable bonds is 7. The number of ether oxygens (including phenoxy) is 2. The van der Waals surface area contributed by atoms with Crippen molar-refractivity contribution in [3.8, 4) is 5.75 Å². The molecule has 2 aromatic rings. The van der Waals surface area contributed by atoms with Crippen molar-refractivity contribution >= 4 is 17.6 Å². The molecule has 0 aliphatic carbocycles. The molecule has 2 aromatic carbocycles. The highest BCUT2D eigenvalue weighted by Crippen LogP contribution is 2.15. The zero-order valence-corrected chi connectivity index (χ0v) is 14.3. The van der Waals surface area contributed by atoms with Crippen molar-refractivity contribution in [2.24, 2.45) is 0 Å². The van der Waals surface area contributed by atoms with E-state index in [0.29, 0.717) is 5.75 Å². The number of hydrogen-bond acceptors (Lipinski definition) is 6. The van der Waals surface area contributed by atoms with E-state index in [2.05, 4.69) is 5.32 Å². The molecule has 0 aliphatic heterocycles. The summed E-state index contributed by atoms with van der Waals surface area (Å²) < 4.78 is 9.82. The van der Waals surface area contributed by atoms with E-state index in [1.165, 1.54) is 25.3 Å². The Kier molecular flexibility index (Phi) is 6.26. The minimum absolute atomic E-state index is 0.0860. The summed E-state index contributed by atoms with van der Waals surface area (Å²) in [5.74, 6) is -0.541. The van der Waals surface area contributed by atoms with E-state index >= 15 is 0 Å². The summed E-state index contributed by atoms with van der Waals surface area (Å²) in [7, 11) is 2.77. The second-order valence-corrected chi connectivity index (χ2v) is 5.41. The predicted octanol–water partition coefficient (Wildman–Crippen LogP) is 2.12. The Morgan fingerprint density at radius 1 is 1.15 bits per heavy atom. The topological polar surface area (TPSA) is 108 Å². The normalized spacial score (nSPS) is 11.3. The van der Waals surface area contributed by atoms with Gasteiger partial charge in [-0.2, -0.15) is 0 Å². The third-order valence-electron chi connectivity index (χ3n) is 3.71. The third kappa shape index (κ3) is 4.79. The van der Waals surface area contributed by atoms with Gasteiger partial charge in [0.05, 0.1) is 19.1 Å². The van der Waals surface area contributed by atoms with Gasteiger partial charge in [-0.15, -0.1) is 0 Å². The van der Waals surface area contributed by atoms with E-state index in [4.69, 9.17) is 9.47 Å². The summed E-state index contributed by atoms with van der Waals surface area (Å²) in [5.41, 5.74) is 0.672. The molecule has 0 unspecified atom stereocenters. The van der Waals surface area contributed by atoms with Crippen molar-refractivity contribution in [3.63, 3.8) is 0 Å². The Balaban J connectivity index is 2.16. The number of nitro groups is 1. The molecule has 1 amide bonds. The zero-order chi connectivity index (χ0) is 19.1. The monoisotopic (exact) mass is 358 g/mol. The Morgan fingerprint density at radius 3 is 2.42 bits per heavy atom. The van der Waals surface area contributed by atoms with Crippen LogP contribution in [0.4, 0.5) is 5.69 Å². The molecule has 8 nitrogen and oxygen atoms in total. The van der Waals surface area contributed by atoms with Crippen molar-refractivity contribution in [2.45, 2.75) is 12.5 Å². The van der Waals surface area contributed by atoms with Crippen molar-refractivity contribution in [1.29, 1.82) is 0 Å². The van der Waals surface area contributed by atoms with Crippen LogP contribution in [-0.2, 0) is 16.0 Å². The Morgan fingerprint density at radius 2 is 1.85 bits per heavy atom. The van der Waals surface area contributed by atoms with E-state index in [0.717, 1.165) is 11.6 Å². The molecule has 0 aromatic heterocycles. The lowest BCUT2D eigenvalue weighted by Gasteiger charge is -2.17. The van der Waals surface area contributed by atoms with Crippen molar-refractivity contribution in [1.82, 2.24) is 5.32 Å². The number of carbonyl (C=O) groups is 2. The van der Waals surface area contributed by atoms with Gasteiger partial charge in [-0.25, -0.2) is 4.79 Å². The zero-order valence-electron chi connectivity index (χ0n) is 14.3. The van der Waals surface area contributed by atoms with E-state index in [1.807, 2.05) is 0 Å². The maximum Gasteiger partial charge on any atom is 0.328 e. The number of benzene rings is 2. The van der Waals surface area contributed by atoms with Crippen molar-refractivity contribution in [3.05, 3.63) is 69.8 Å². The van der Waals surface area contributed by atoms with Crippen LogP contribution in [0.1, 0.15) is 15.9 Å². The molecule has 0 spiro atoms. The molecule has 0 fully saturated rings. The number of nitro benzene ring substituents is 1. The van der Waals surface area contributed by atoms with Crippen LogP contribution in [-0.4, -0.2) is 37.1 Å². The first-order valence-electron chi connectivity index (χ1n) is 7.70. The quantitative estimate of drug-likeness (QED) is 0.461. The van der Waals surface area contributed by atoms with E-state index < -0.39 is 22.8 Å². The van der Waals surface area contributed by atoms with Gasteiger partial charge in [0, 0.05) is 24.1 Å². The molecule has 0 radical (unpaired) electrons. The van der Waals surface area contributed by atoms with Crippen LogP contribution >= 0.6 is 0 Å². The summed E-state index contributed by atoms with van der Waals surface area (Å²) in [6, 6.07) is 11.4. The average molecular weight is 358 g/mol. The highest BCUT2D eigenvalue weighted by molar-refractivity contribution is 5.97. The lowest BCUT2D eigenvalue weighted by Crippen LogP contribution is -2.43. The van der Waals surface area contributed by atoms with E-state index in [1.54, 1.807) is 31.4 Å². The van der Waals surface area contributed by atoms with Crippen LogP contribution in [0.25, 0.3) is 0 Å². The number of nitrogens with zero attached hydrogens (tertiary/aromatic N) is 1. The van der Waals surface area contributed by atoms with Crippen LogP contribution in [0, 0.1) is 10.1 Å². The molecule has 2 rings (SSSR count). The molecule has 1 atom stereocenters. The van der Waals surface area contributed by atoms with E-state index in [-0.39, 0.29) is 17.7 Å². The number of carbonyl (C=O) groups excluding carboxylic acids is 2. The number of methoxy groups -OCH3 is 2. The fourth-order valence-electron chi connectivity index (χ4n) is 2.34. The van der Waals surface area contributed by atoms with Gasteiger partial charge in [-0.05, 0) is 23.8 Å². The number of hydrogen-bond donors (Lipinski definition) is 1. The largest absolute Gasteiger partial charge is 0.497 e. The smallest absolute Gasteiger partial charge is 0.328 e. The van der Waals surface area contributed by atoms with Gasteiger partial charge >= 0.3 is 5.97 Å². The second-order valence-electron chi connectivity index (χ2n) is 5.41. The van der Waals surface area contributed by atoms with Gasteiger partial charge in [-0.1, -0.05) is 18.2 Å². The summed E-state index contributed by atoms with van der Waals surface area (Å²) in [6.07, 6.45) is 0.206. The Hall–Kier alpha value is -3.42. The Bertz CT molecular complexity index is 804. The summed E-state index contributed by atoms with van der Waals surface area (Å²) in [6.45, 7) is 0. The molecular formula is C18H18N2O6. The Labute approximate surface area is 149 Å². The molecule has 0 aliphatic rings. The fourth-order valence-corrected chi connectivity index (χ4v) is 2.34. The van der Waals surface area contributed by atoms with Gasteiger partial charge < -0.3 is 14.8 Å². The standard InChI is InChI=1S/C18H18N2O6/c1-25-15-8-6-12(7-9-15)10-16(18(22)26-2)19-17(21)13-4-3-5-14(11-13)20(23)24/h3-9,11,16H,10H2,1-2H3,(H,19,21)/t16-/m0/s1. The van der Waals surface area contributed by atoms with Crippen LogP contribution in [0.15, 0.2) is 48.5 Å². The van der Waals surface area contributed by atoms with Crippen molar-refractivity contribution in [2.75, 3.05) is 14.2 Å². The second kappa shape index (κ2) is 8.61. The molecule has 26 heavy (non-hydrogen) atoms. The summed E-state index contributed by atoms with van der Waals surface area (Å²) >= 11 is 0. The first-order chi connectivity index (χ1) is 12.4. The minimum Gasteiger partial charge on any atom is -0.497 e. The van der Waals surface area contributed by atoms with Crippen LogP contribution in [0.5, 0.6) is 5.75 Å². The number of esters is 1. The first-order valence-corrected chi connectivity index (χ1v) is 7.70. The third-order valence-corrected chi connectivity index (χ3v) is 3.71. The first kappa shape index (κ1) is 18.9. The lowest BCUT2D eigenvalue weighted by atomic mass is 10.0. The highest BCUT2D eigenvalue weighted by Gasteiger charge is 2.23. The molecule has 0 saturated carbocycles. The highest BCUT2D eigenvalue weighted by atomic mass is 16.6. The minimum atomic E-state index is -0.930. The molecule has 0 bridgehead atoms. The molecule has 1 N–H and O–H groups in total. The maximum absolute atomic E-state index is 12.4. The SMILES string of the molecule is COC(=O)[C@H](Cc1ccc(OC)cc1)NC(=O)c1cccc([N+](=O)[O-])c1. The summed E-state index contributed by atoms with van der Waals surface area (Å²) in [5, 5.41) is 13.4. The van der Waals surface area contributed by atoms with Crippen LogP contribution in [0.3, 0.4) is 0 Å². The predicted molar refractivity (Wildman–Crippen MR) is 93.1 cm³/mol. The van der Waals surface area contributed by atoms with Gasteiger partial charge in [-0.3, -0.25) is 14.9 Å². The van der Waals surface area contributed by atoms with Crippen LogP contribution < -0.4 is 10.1 Å². The maximum atomic E-state index is 12.4. The number of nitrogens with one attached hydrogen (secondary N) is 1. The number of amides is 1. The molecule has 0 heterocycles. The van der Waals surface area contributed by atoms with Gasteiger partial charge in [0.25, 0.3) is 11.6 Å². The van der Waals surface area contributed by atoms with Gasteiger partial charge in [0.15, 0.2) is 0 Å². The van der Waals surface area contributed by atoms with E-state index in [9.17, 15) is 19.7 Å².